The highest BCUT2D eigenvalue weighted by molar-refractivity contribution is 7.84. The van der Waals surface area contributed by atoms with Crippen molar-refractivity contribution in [1.29, 1.82) is 0 Å². The average Bonchev–Trinajstić information content (AvgIpc) is 2.32. The maximum absolute atomic E-state index is 11.6. The second-order valence-electron chi connectivity index (χ2n) is 3.67. The topological polar surface area (TPSA) is 72.2 Å². The Kier molecular flexibility index (Phi) is 5.69. The van der Waals surface area contributed by atoms with Crippen molar-refractivity contribution in [3.8, 4) is 0 Å². The summed E-state index contributed by atoms with van der Waals surface area (Å²) in [4.78, 5) is 11.6. The molecule has 0 aliphatic carbocycles. The summed E-state index contributed by atoms with van der Waals surface area (Å²) >= 11 is 0. The lowest BCUT2D eigenvalue weighted by Gasteiger charge is -2.07. The van der Waals surface area contributed by atoms with Crippen LogP contribution in [0.15, 0.2) is 24.3 Å². The van der Waals surface area contributed by atoms with Crippen molar-refractivity contribution >= 4 is 28.1 Å². The fourth-order valence-corrected chi connectivity index (χ4v) is 2.12. The lowest BCUT2D eigenvalue weighted by Crippen LogP contribution is -2.14. The van der Waals surface area contributed by atoms with Crippen LogP contribution in [0, 0.1) is 0 Å². The number of para-hydroxylation sites is 2. The highest BCUT2D eigenvalue weighted by Gasteiger charge is 2.05. The van der Waals surface area contributed by atoms with Gasteiger partial charge in [0.05, 0.1) is 11.4 Å². The minimum absolute atomic E-state index is 0.0870. The predicted molar refractivity (Wildman–Crippen MR) is 72.3 cm³/mol. The van der Waals surface area contributed by atoms with Gasteiger partial charge in [-0.05, 0) is 18.6 Å². The third-order valence-electron chi connectivity index (χ3n) is 2.33. The lowest BCUT2D eigenvalue weighted by atomic mass is 10.2. The molecule has 3 N–H and O–H groups in total. The number of nitrogens with two attached hydrogens (primary N) is 1. The average molecular weight is 254 g/mol. The number of nitrogen functional groups attached to an aromatic ring is 1. The second kappa shape index (κ2) is 7.06. The number of carbonyl (C=O) groups excluding carboxylic acids is 1. The first-order valence-electron chi connectivity index (χ1n) is 5.62. The largest absolute Gasteiger partial charge is 0.397 e. The minimum atomic E-state index is -0.799. The normalized spacial score (nSPS) is 12.1. The summed E-state index contributed by atoms with van der Waals surface area (Å²) in [6.45, 7) is 1.88. The van der Waals surface area contributed by atoms with E-state index in [4.69, 9.17) is 5.73 Å². The van der Waals surface area contributed by atoms with Gasteiger partial charge < -0.3 is 11.1 Å². The Morgan fingerprint density at radius 3 is 2.76 bits per heavy atom. The zero-order chi connectivity index (χ0) is 12.7. The first kappa shape index (κ1) is 13.7. The van der Waals surface area contributed by atoms with Crippen LogP contribution in [0.5, 0.6) is 0 Å². The van der Waals surface area contributed by atoms with Gasteiger partial charge in [-0.25, -0.2) is 0 Å². The van der Waals surface area contributed by atoms with Crippen molar-refractivity contribution in [1.82, 2.24) is 0 Å². The van der Waals surface area contributed by atoms with E-state index >= 15 is 0 Å². The molecule has 0 bridgehead atoms. The molecule has 1 atom stereocenters. The van der Waals surface area contributed by atoms with E-state index in [1.165, 1.54) is 0 Å². The molecule has 0 aromatic heterocycles. The Bertz CT molecular complexity index is 407. The molecule has 0 saturated carbocycles. The van der Waals surface area contributed by atoms with Crippen LogP contribution < -0.4 is 11.1 Å². The Hall–Kier alpha value is -1.36. The molecule has 94 valence electrons. The first-order valence-corrected chi connectivity index (χ1v) is 7.11. The summed E-state index contributed by atoms with van der Waals surface area (Å²) < 4.78 is 11.2. The quantitative estimate of drug-likeness (QED) is 0.760. The number of hydrogen-bond donors (Lipinski definition) is 2. The molecule has 5 heteroatoms. The van der Waals surface area contributed by atoms with Crippen molar-refractivity contribution in [2.45, 2.75) is 19.8 Å². The van der Waals surface area contributed by atoms with E-state index in [1.54, 1.807) is 12.1 Å². The molecule has 0 fully saturated rings. The number of carbonyl (C=O) groups is 1. The molecular formula is C12H18N2O2S. The van der Waals surface area contributed by atoms with Crippen LogP contribution >= 0.6 is 0 Å². The highest BCUT2D eigenvalue weighted by atomic mass is 32.2. The van der Waals surface area contributed by atoms with Gasteiger partial charge in [0.2, 0.25) is 5.91 Å². The molecular weight excluding hydrogens is 236 g/mol. The van der Waals surface area contributed by atoms with Gasteiger partial charge in [-0.1, -0.05) is 19.1 Å². The summed E-state index contributed by atoms with van der Waals surface area (Å²) in [5.41, 5.74) is 6.89. The summed E-state index contributed by atoms with van der Waals surface area (Å²) in [7, 11) is -0.799. The third kappa shape index (κ3) is 4.99. The third-order valence-corrected chi connectivity index (χ3v) is 3.72. The molecule has 1 amide bonds. The monoisotopic (exact) mass is 254 g/mol. The first-order chi connectivity index (χ1) is 8.13. The van der Waals surface area contributed by atoms with Crippen molar-refractivity contribution in [2.24, 2.45) is 0 Å². The summed E-state index contributed by atoms with van der Waals surface area (Å²) in [6, 6.07) is 7.13. The van der Waals surface area contributed by atoms with Gasteiger partial charge in [0.15, 0.2) is 0 Å². The van der Waals surface area contributed by atoms with E-state index in [1.807, 2.05) is 19.1 Å². The van der Waals surface area contributed by atoms with E-state index in [0.717, 1.165) is 0 Å². The number of nitrogens with one attached hydrogen (secondary N) is 1. The van der Waals surface area contributed by atoms with Crippen LogP contribution in [-0.2, 0) is 15.6 Å². The number of anilines is 2. The van der Waals surface area contributed by atoms with E-state index < -0.39 is 10.8 Å². The van der Waals surface area contributed by atoms with Crippen molar-refractivity contribution < 1.29 is 9.00 Å². The van der Waals surface area contributed by atoms with Crippen molar-refractivity contribution in [2.75, 3.05) is 22.6 Å². The zero-order valence-electron chi connectivity index (χ0n) is 9.94. The summed E-state index contributed by atoms with van der Waals surface area (Å²) in [6.07, 6.45) is 1.01. The van der Waals surface area contributed by atoms with Gasteiger partial charge >= 0.3 is 0 Å². The number of benzene rings is 1. The minimum Gasteiger partial charge on any atom is -0.397 e. The second-order valence-corrected chi connectivity index (χ2v) is 5.54. The fourth-order valence-electron chi connectivity index (χ4n) is 1.36. The molecule has 1 unspecified atom stereocenters. The van der Waals surface area contributed by atoms with Crippen LogP contribution in [0.3, 0.4) is 0 Å². The molecule has 1 rings (SSSR count). The maximum Gasteiger partial charge on any atom is 0.224 e. The van der Waals surface area contributed by atoms with Gasteiger partial charge in [-0.3, -0.25) is 9.00 Å². The number of amides is 1. The van der Waals surface area contributed by atoms with Gasteiger partial charge in [-0.2, -0.15) is 0 Å². The van der Waals surface area contributed by atoms with E-state index in [2.05, 4.69) is 5.32 Å². The van der Waals surface area contributed by atoms with Gasteiger partial charge in [0.25, 0.3) is 0 Å². The molecule has 0 aliphatic rings. The molecule has 4 nitrogen and oxygen atoms in total. The van der Waals surface area contributed by atoms with Crippen molar-refractivity contribution in [3.05, 3.63) is 24.3 Å². The van der Waals surface area contributed by atoms with Gasteiger partial charge in [0, 0.05) is 28.7 Å². The molecule has 17 heavy (non-hydrogen) atoms. The molecule has 1 aromatic carbocycles. The standard InChI is InChI=1S/C12H18N2O2S/c1-2-17(16)9-5-8-12(15)14-11-7-4-3-6-10(11)13/h3-4,6-7H,2,5,8-9,13H2,1H3,(H,14,15). The van der Waals surface area contributed by atoms with Crippen LogP contribution in [-0.4, -0.2) is 21.6 Å². The Morgan fingerprint density at radius 2 is 2.12 bits per heavy atom. The molecule has 0 radical (unpaired) electrons. The fraction of sp³-hybridized carbons (Fsp3) is 0.417. The van der Waals surface area contributed by atoms with Crippen molar-refractivity contribution in [3.63, 3.8) is 0 Å². The number of rotatable bonds is 6. The molecule has 0 saturated heterocycles. The summed E-state index contributed by atoms with van der Waals surface area (Å²) in [5, 5.41) is 2.74. The smallest absolute Gasteiger partial charge is 0.224 e. The van der Waals surface area contributed by atoms with Crippen LogP contribution in [0.4, 0.5) is 11.4 Å². The Balaban J connectivity index is 2.35. The SMILES string of the molecule is CCS(=O)CCCC(=O)Nc1ccccc1N. The lowest BCUT2D eigenvalue weighted by molar-refractivity contribution is -0.116. The molecule has 1 aromatic rings. The zero-order valence-corrected chi connectivity index (χ0v) is 10.8. The van der Waals surface area contributed by atoms with E-state index in [0.29, 0.717) is 35.7 Å². The predicted octanol–water partition coefficient (Wildman–Crippen LogP) is 1.76. The highest BCUT2D eigenvalue weighted by Crippen LogP contribution is 2.16. The maximum atomic E-state index is 11.6. The van der Waals surface area contributed by atoms with E-state index in [-0.39, 0.29) is 5.91 Å². The van der Waals surface area contributed by atoms with Gasteiger partial charge in [0.1, 0.15) is 0 Å². The Morgan fingerprint density at radius 1 is 1.41 bits per heavy atom. The Labute approximate surface area is 104 Å². The molecule has 0 spiro atoms. The van der Waals surface area contributed by atoms with E-state index in [9.17, 15) is 9.00 Å². The van der Waals surface area contributed by atoms with Crippen LogP contribution in [0.25, 0.3) is 0 Å². The van der Waals surface area contributed by atoms with Crippen LogP contribution in [0.1, 0.15) is 19.8 Å². The molecule has 0 heterocycles. The summed E-state index contributed by atoms with van der Waals surface area (Å²) in [5.74, 6) is 1.14. The number of hydrogen-bond acceptors (Lipinski definition) is 3. The van der Waals surface area contributed by atoms with Crippen LogP contribution in [0.2, 0.25) is 0 Å². The molecule has 0 aliphatic heterocycles. The van der Waals surface area contributed by atoms with Gasteiger partial charge in [-0.15, -0.1) is 0 Å².